The smallest absolute Gasteiger partial charge is 0.221 e. The molecule has 0 heterocycles. The maximum atomic E-state index is 12.7. The van der Waals surface area contributed by atoms with Crippen LogP contribution < -0.4 is 10.1 Å². The minimum atomic E-state index is 0.110. The van der Waals surface area contributed by atoms with E-state index in [9.17, 15) is 4.79 Å². The highest BCUT2D eigenvalue weighted by Crippen LogP contribution is 2.30. The normalized spacial score (nSPS) is 14.6. The van der Waals surface area contributed by atoms with Crippen LogP contribution in [0.1, 0.15) is 36.4 Å². The molecule has 3 aromatic rings. The summed E-state index contributed by atoms with van der Waals surface area (Å²) in [6.45, 7) is 2.27. The van der Waals surface area contributed by atoms with Gasteiger partial charge < -0.3 is 15.0 Å². The monoisotopic (exact) mass is 445 g/mol. The first-order valence-electron chi connectivity index (χ1n) is 11.8. The molecule has 3 aromatic carbocycles. The molecule has 0 aromatic heterocycles. The number of carbonyl (C=O) groups excluding carboxylic acids is 1. The van der Waals surface area contributed by atoms with Crippen LogP contribution in [0, 0.1) is 0 Å². The molecule has 0 radical (unpaired) electrons. The van der Waals surface area contributed by atoms with E-state index in [-0.39, 0.29) is 11.9 Å². The number of amides is 1. The zero-order chi connectivity index (χ0) is 23.2. The predicted molar refractivity (Wildman–Crippen MR) is 134 cm³/mol. The lowest BCUT2D eigenvalue weighted by Crippen LogP contribution is -2.36. The molecule has 1 aliphatic carbocycles. The number of likely N-dealkylation sites (N-methyl/N-ethyl adjacent to an activating group) is 1. The molecule has 174 valence electrons. The van der Waals surface area contributed by atoms with Gasteiger partial charge in [0, 0.05) is 32.1 Å². The average molecular weight is 446 g/mol. The van der Waals surface area contributed by atoms with Crippen LogP contribution in [0.4, 0.5) is 0 Å². The van der Waals surface area contributed by atoms with Crippen LogP contribution in [0.5, 0.6) is 5.75 Å². The first kappa shape index (κ1) is 23.3. The van der Waals surface area contributed by atoms with E-state index in [0.29, 0.717) is 19.0 Å². The molecule has 0 aliphatic heterocycles. The van der Waals surface area contributed by atoms with Gasteiger partial charge in [0.2, 0.25) is 5.91 Å². The van der Waals surface area contributed by atoms with Crippen LogP contribution in [-0.4, -0.2) is 56.0 Å². The lowest BCUT2D eigenvalue weighted by molar-refractivity contribution is -0.121. The molecule has 1 unspecified atom stereocenters. The summed E-state index contributed by atoms with van der Waals surface area (Å²) in [7, 11) is 5.75. The van der Waals surface area contributed by atoms with Crippen LogP contribution in [-0.2, 0) is 11.3 Å². The summed E-state index contributed by atoms with van der Waals surface area (Å²) in [6, 6.07) is 23.8. The van der Waals surface area contributed by atoms with Gasteiger partial charge in [-0.15, -0.1) is 0 Å². The topological polar surface area (TPSA) is 44.8 Å². The number of carbonyl (C=O) groups is 1. The highest BCUT2D eigenvalue weighted by molar-refractivity contribution is 5.85. The van der Waals surface area contributed by atoms with E-state index in [1.54, 1.807) is 7.11 Å². The van der Waals surface area contributed by atoms with Crippen molar-refractivity contribution in [2.75, 3.05) is 34.3 Å². The van der Waals surface area contributed by atoms with Gasteiger partial charge in [-0.25, -0.2) is 0 Å². The summed E-state index contributed by atoms with van der Waals surface area (Å²) >= 11 is 0. The number of benzene rings is 3. The second kappa shape index (κ2) is 10.8. The van der Waals surface area contributed by atoms with E-state index >= 15 is 0 Å². The maximum absolute atomic E-state index is 12.7. The van der Waals surface area contributed by atoms with Crippen molar-refractivity contribution in [1.29, 1.82) is 0 Å². The number of rotatable bonds is 11. The summed E-state index contributed by atoms with van der Waals surface area (Å²) in [5.74, 6) is 0.950. The Labute approximate surface area is 197 Å². The van der Waals surface area contributed by atoms with E-state index < -0.39 is 0 Å². The SMILES string of the molecule is COc1ccc(C(CNC(=O)CCN(Cc2cccc3ccccc23)C2CC2)N(C)C)cc1. The summed E-state index contributed by atoms with van der Waals surface area (Å²) < 4.78 is 5.26. The van der Waals surface area contributed by atoms with E-state index in [4.69, 9.17) is 4.74 Å². The van der Waals surface area contributed by atoms with Crippen molar-refractivity contribution >= 4 is 16.7 Å². The van der Waals surface area contributed by atoms with Gasteiger partial charge in [-0.1, -0.05) is 54.6 Å². The van der Waals surface area contributed by atoms with Crippen molar-refractivity contribution in [3.63, 3.8) is 0 Å². The van der Waals surface area contributed by atoms with Crippen molar-refractivity contribution in [3.8, 4) is 5.75 Å². The van der Waals surface area contributed by atoms with Crippen LogP contribution in [0.3, 0.4) is 0 Å². The second-order valence-corrected chi connectivity index (χ2v) is 9.15. The fraction of sp³-hybridized carbons (Fsp3) is 0.393. The van der Waals surface area contributed by atoms with Crippen LogP contribution >= 0.6 is 0 Å². The molecule has 1 amide bonds. The highest BCUT2D eigenvalue weighted by Gasteiger charge is 2.29. The standard InChI is InChI=1S/C28H35N3O2/c1-30(2)27(22-11-15-25(33-3)16-12-22)19-29-28(32)17-18-31(24-13-14-24)20-23-9-6-8-21-7-4-5-10-26(21)23/h4-12,15-16,24,27H,13-14,17-20H2,1-3H3,(H,29,32). The van der Waals surface area contributed by atoms with Gasteiger partial charge in [0.05, 0.1) is 13.2 Å². The number of hydrogen-bond acceptors (Lipinski definition) is 4. The van der Waals surface area contributed by atoms with E-state index in [0.717, 1.165) is 24.4 Å². The molecule has 1 fully saturated rings. The number of methoxy groups -OCH3 is 1. The lowest BCUT2D eigenvalue weighted by Gasteiger charge is -2.26. The van der Waals surface area contributed by atoms with Crippen molar-refractivity contribution in [2.45, 2.75) is 37.9 Å². The zero-order valence-electron chi connectivity index (χ0n) is 20.0. The number of ether oxygens (including phenoxy) is 1. The number of fused-ring (bicyclic) bond motifs is 1. The van der Waals surface area contributed by atoms with Crippen molar-refractivity contribution in [1.82, 2.24) is 15.1 Å². The second-order valence-electron chi connectivity index (χ2n) is 9.15. The molecule has 0 spiro atoms. The van der Waals surface area contributed by atoms with Gasteiger partial charge in [-0.05, 0) is 61.0 Å². The van der Waals surface area contributed by atoms with Crippen molar-refractivity contribution < 1.29 is 9.53 Å². The Balaban J connectivity index is 1.33. The van der Waals surface area contributed by atoms with Crippen LogP contribution in [0.2, 0.25) is 0 Å². The molecule has 1 atom stereocenters. The fourth-order valence-electron chi connectivity index (χ4n) is 4.45. The van der Waals surface area contributed by atoms with Gasteiger partial charge >= 0.3 is 0 Å². The number of hydrogen-bond donors (Lipinski definition) is 1. The minimum absolute atomic E-state index is 0.110. The predicted octanol–water partition coefficient (Wildman–Crippen LogP) is 4.62. The third-order valence-corrected chi connectivity index (χ3v) is 6.56. The quantitative estimate of drug-likeness (QED) is 0.468. The van der Waals surface area contributed by atoms with Crippen molar-refractivity contribution in [2.24, 2.45) is 0 Å². The summed E-state index contributed by atoms with van der Waals surface area (Å²) in [5.41, 5.74) is 2.50. The molecule has 0 bridgehead atoms. The Kier molecular flexibility index (Phi) is 7.63. The highest BCUT2D eigenvalue weighted by atomic mass is 16.5. The Morgan fingerprint density at radius 3 is 2.45 bits per heavy atom. The molecule has 0 saturated heterocycles. The lowest BCUT2D eigenvalue weighted by atomic mass is 10.0. The van der Waals surface area contributed by atoms with Gasteiger partial charge in [0.1, 0.15) is 5.75 Å². The van der Waals surface area contributed by atoms with E-state index in [1.165, 1.54) is 29.2 Å². The molecule has 5 nitrogen and oxygen atoms in total. The Bertz CT molecular complexity index is 1050. The third-order valence-electron chi connectivity index (χ3n) is 6.56. The Hall–Kier alpha value is -2.89. The molecule has 5 heteroatoms. The summed E-state index contributed by atoms with van der Waals surface area (Å²) in [4.78, 5) is 17.4. The van der Waals surface area contributed by atoms with Gasteiger partial charge in [0.15, 0.2) is 0 Å². The maximum Gasteiger partial charge on any atom is 0.221 e. The summed E-state index contributed by atoms with van der Waals surface area (Å²) in [6.07, 6.45) is 2.98. The van der Waals surface area contributed by atoms with Gasteiger partial charge in [0.25, 0.3) is 0 Å². The third kappa shape index (κ3) is 6.12. The van der Waals surface area contributed by atoms with Gasteiger partial charge in [-0.2, -0.15) is 0 Å². The fourth-order valence-corrected chi connectivity index (χ4v) is 4.45. The molecular weight excluding hydrogens is 410 g/mol. The van der Waals surface area contributed by atoms with Crippen molar-refractivity contribution in [3.05, 3.63) is 77.9 Å². The Morgan fingerprint density at radius 2 is 1.76 bits per heavy atom. The first-order valence-corrected chi connectivity index (χ1v) is 11.8. The molecule has 33 heavy (non-hydrogen) atoms. The molecular formula is C28H35N3O2. The van der Waals surface area contributed by atoms with E-state index in [2.05, 4.69) is 69.7 Å². The molecule has 1 aliphatic rings. The average Bonchev–Trinajstić information content (AvgIpc) is 3.67. The molecule has 1 saturated carbocycles. The van der Waals surface area contributed by atoms with Crippen LogP contribution in [0.15, 0.2) is 66.7 Å². The zero-order valence-corrected chi connectivity index (χ0v) is 20.0. The largest absolute Gasteiger partial charge is 0.497 e. The Morgan fingerprint density at radius 1 is 1.03 bits per heavy atom. The number of nitrogens with one attached hydrogen (secondary N) is 1. The first-order chi connectivity index (χ1) is 16.0. The molecule has 1 N–H and O–H groups in total. The number of nitrogens with zero attached hydrogens (tertiary/aromatic N) is 2. The van der Waals surface area contributed by atoms with Gasteiger partial charge in [-0.3, -0.25) is 9.69 Å². The molecule has 4 rings (SSSR count). The summed E-state index contributed by atoms with van der Waals surface area (Å²) in [5, 5.41) is 5.74. The van der Waals surface area contributed by atoms with E-state index in [1.807, 2.05) is 26.2 Å². The van der Waals surface area contributed by atoms with Crippen LogP contribution in [0.25, 0.3) is 10.8 Å². The minimum Gasteiger partial charge on any atom is -0.497 e.